The van der Waals surface area contributed by atoms with Gasteiger partial charge >= 0.3 is 5.51 Å². The van der Waals surface area contributed by atoms with E-state index in [1.807, 2.05) is 0 Å². The van der Waals surface area contributed by atoms with Crippen molar-refractivity contribution in [2.45, 2.75) is 42.5 Å². The predicted octanol–water partition coefficient (Wildman–Crippen LogP) is 3.44. The third-order valence-corrected chi connectivity index (χ3v) is 5.86. The Morgan fingerprint density at radius 3 is 2.42 bits per heavy atom. The predicted molar refractivity (Wildman–Crippen MR) is 83.1 cm³/mol. The van der Waals surface area contributed by atoms with Crippen molar-refractivity contribution in [3.63, 3.8) is 0 Å². The van der Waals surface area contributed by atoms with Crippen molar-refractivity contribution in [2.75, 3.05) is 19.6 Å². The number of nitrogens with zero attached hydrogens (tertiary/aromatic N) is 2. The van der Waals surface area contributed by atoms with E-state index in [4.69, 9.17) is 0 Å². The number of alkyl halides is 3. The van der Waals surface area contributed by atoms with Crippen LogP contribution in [0.15, 0.2) is 23.1 Å². The number of benzene rings is 1. The van der Waals surface area contributed by atoms with E-state index < -0.39 is 20.2 Å². The highest BCUT2D eigenvalue weighted by Gasteiger charge is 2.48. The molecule has 1 fully saturated rings. The lowest BCUT2D eigenvalue weighted by atomic mass is 9.86. The first kappa shape index (κ1) is 18.7. The molecule has 4 nitrogen and oxygen atoms in total. The van der Waals surface area contributed by atoms with E-state index in [1.165, 1.54) is 6.07 Å². The minimum atomic E-state index is -5.53. The maximum atomic E-state index is 12.8. The molecule has 0 saturated carbocycles. The highest BCUT2D eigenvalue weighted by molar-refractivity contribution is 7.92. The molecule has 0 bridgehead atoms. The zero-order chi connectivity index (χ0) is 18.0. The number of sulfone groups is 1. The largest absolute Gasteiger partial charge is 0.501 e. The van der Waals surface area contributed by atoms with Crippen LogP contribution >= 0.6 is 0 Å². The Morgan fingerprint density at radius 1 is 1.29 bits per heavy atom. The van der Waals surface area contributed by atoms with Crippen LogP contribution in [0.5, 0.6) is 0 Å². The minimum Gasteiger partial charge on any atom is -0.303 e. The van der Waals surface area contributed by atoms with Crippen molar-refractivity contribution in [3.05, 3.63) is 29.3 Å². The lowest BCUT2D eigenvalue weighted by Crippen LogP contribution is -2.33. The van der Waals surface area contributed by atoms with Gasteiger partial charge in [-0.25, -0.2) is 8.42 Å². The monoisotopic (exact) mass is 360 g/mol. The van der Waals surface area contributed by atoms with Gasteiger partial charge in [-0.2, -0.15) is 18.4 Å². The number of hydrogen-bond donors (Lipinski definition) is 0. The van der Waals surface area contributed by atoms with Gasteiger partial charge in [0.15, 0.2) is 0 Å². The summed E-state index contributed by atoms with van der Waals surface area (Å²) in [4.78, 5) is 1.32. The van der Waals surface area contributed by atoms with Gasteiger partial charge in [-0.05, 0) is 56.4 Å². The molecule has 24 heavy (non-hydrogen) atoms. The molecule has 1 heterocycles. The molecule has 0 N–H and O–H groups in total. The summed E-state index contributed by atoms with van der Waals surface area (Å²) < 4.78 is 62.0. The first-order chi connectivity index (χ1) is 11.2. The van der Waals surface area contributed by atoms with Gasteiger partial charge in [0.25, 0.3) is 9.84 Å². The highest BCUT2D eigenvalue weighted by atomic mass is 32.2. The maximum absolute atomic E-state index is 12.8. The van der Waals surface area contributed by atoms with E-state index in [-0.39, 0.29) is 11.5 Å². The second-order valence-electron chi connectivity index (χ2n) is 5.90. The molecule has 1 saturated heterocycles. The molecule has 8 heteroatoms. The summed E-state index contributed by atoms with van der Waals surface area (Å²) in [6.45, 7) is 4.62. The fourth-order valence-electron chi connectivity index (χ4n) is 3.14. The van der Waals surface area contributed by atoms with E-state index in [9.17, 15) is 26.9 Å². The van der Waals surface area contributed by atoms with E-state index in [1.54, 1.807) is 12.1 Å². The highest BCUT2D eigenvalue weighted by Crippen LogP contribution is 2.37. The van der Waals surface area contributed by atoms with Gasteiger partial charge < -0.3 is 4.90 Å². The molecule has 0 atom stereocenters. The molecule has 1 aromatic rings. The Morgan fingerprint density at radius 2 is 1.92 bits per heavy atom. The van der Waals surface area contributed by atoms with Gasteiger partial charge in [0.1, 0.15) is 6.07 Å². The van der Waals surface area contributed by atoms with Gasteiger partial charge in [-0.1, -0.05) is 19.1 Å². The number of nitriles is 1. The number of hydrogen-bond acceptors (Lipinski definition) is 4. The summed E-state index contributed by atoms with van der Waals surface area (Å²) >= 11 is 0. The van der Waals surface area contributed by atoms with E-state index >= 15 is 0 Å². The fourth-order valence-corrected chi connectivity index (χ4v) is 4.08. The van der Waals surface area contributed by atoms with Crippen molar-refractivity contribution in [2.24, 2.45) is 0 Å². The van der Waals surface area contributed by atoms with Crippen LogP contribution in [0.4, 0.5) is 13.2 Å². The lowest BCUT2D eigenvalue weighted by molar-refractivity contribution is -0.0436. The van der Waals surface area contributed by atoms with Crippen molar-refractivity contribution in [3.8, 4) is 6.07 Å². The number of halogens is 3. The standard InChI is InChI=1S/C16H19F3N2O2S/c1-2-8-21-9-6-12(7-10-21)13-4-3-5-15(14(13)11-20)24(22,23)16(17,18)19/h3-5,12H,2,6-10H2,1H3. The Kier molecular flexibility index (Phi) is 5.56. The zero-order valence-electron chi connectivity index (χ0n) is 13.3. The van der Waals surface area contributed by atoms with E-state index in [0.29, 0.717) is 18.4 Å². The Balaban J connectivity index is 2.38. The second kappa shape index (κ2) is 7.11. The second-order valence-corrected chi connectivity index (χ2v) is 7.81. The average Bonchev–Trinajstić information content (AvgIpc) is 2.54. The van der Waals surface area contributed by atoms with Crippen LogP contribution in [-0.4, -0.2) is 38.5 Å². The smallest absolute Gasteiger partial charge is 0.303 e. The van der Waals surface area contributed by atoms with Gasteiger partial charge in [0.2, 0.25) is 0 Å². The van der Waals surface area contributed by atoms with Crippen molar-refractivity contribution in [1.82, 2.24) is 4.90 Å². The van der Waals surface area contributed by atoms with Crippen LogP contribution in [0.1, 0.15) is 43.2 Å². The molecular weight excluding hydrogens is 341 g/mol. The molecule has 0 unspecified atom stereocenters. The molecule has 1 aliphatic heterocycles. The summed E-state index contributed by atoms with van der Waals surface area (Å²) in [5.74, 6) is -0.101. The topological polar surface area (TPSA) is 61.2 Å². The Bertz CT molecular complexity index is 731. The van der Waals surface area contributed by atoms with Crippen molar-refractivity contribution >= 4 is 9.84 Å². The number of piperidine rings is 1. The van der Waals surface area contributed by atoms with E-state index in [0.717, 1.165) is 32.1 Å². The molecule has 1 aromatic carbocycles. The van der Waals surface area contributed by atoms with Crippen LogP contribution in [0.3, 0.4) is 0 Å². The summed E-state index contributed by atoms with van der Waals surface area (Å²) in [6, 6.07) is 5.39. The quantitative estimate of drug-likeness (QED) is 0.825. The maximum Gasteiger partial charge on any atom is 0.501 e. The summed E-state index contributed by atoms with van der Waals surface area (Å²) in [7, 11) is -5.53. The van der Waals surface area contributed by atoms with Gasteiger partial charge in [0.05, 0.1) is 10.5 Å². The third kappa shape index (κ3) is 3.57. The molecule has 0 radical (unpaired) electrons. The molecule has 0 amide bonds. The Hall–Kier alpha value is -1.59. The fraction of sp³-hybridized carbons (Fsp3) is 0.562. The van der Waals surface area contributed by atoms with Crippen LogP contribution in [-0.2, 0) is 9.84 Å². The van der Waals surface area contributed by atoms with Crippen molar-refractivity contribution in [1.29, 1.82) is 5.26 Å². The molecule has 1 aliphatic rings. The lowest BCUT2D eigenvalue weighted by Gasteiger charge is -2.32. The first-order valence-corrected chi connectivity index (χ1v) is 9.27. The zero-order valence-corrected chi connectivity index (χ0v) is 14.1. The first-order valence-electron chi connectivity index (χ1n) is 7.79. The molecule has 0 spiro atoms. The minimum absolute atomic E-state index is 0.101. The van der Waals surface area contributed by atoms with Crippen molar-refractivity contribution < 1.29 is 21.6 Å². The Labute approximate surface area is 139 Å². The normalized spacial score (nSPS) is 17.6. The van der Waals surface area contributed by atoms with Crippen LogP contribution < -0.4 is 0 Å². The number of likely N-dealkylation sites (tertiary alicyclic amines) is 1. The molecule has 0 aliphatic carbocycles. The van der Waals surface area contributed by atoms with Crippen LogP contribution in [0, 0.1) is 11.3 Å². The molecule has 2 rings (SSSR count). The summed E-state index contributed by atoms with van der Waals surface area (Å²) in [5, 5.41) is 9.30. The summed E-state index contributed by atoms with van der Waals surface area (Å²) in [6.07, 6.45) is 2.42. The summed E-state index contributed by atoms with van der Waals surface area (Å²) in [5.41, 5.74) is -5.38. The van der Waals surface area contributed by atoms with E-state index in [2.05, 4.69) is 11.8 Å². The molecule has 132 valence electrons. The SMILES string of the molecule is CCCN1CCC(c2cccc(S(=O)(=O)C(F)(F)F)c2C#N)CC1. The van der Waals surface area contributed by atoms with Gasteiger partial charge in [0, 0.05) is 0 Å². The van der Waals surface area contributed by atoms with Crippen LogP contribution in [0.2, 0.25) is 0 Å². The van der Waals surface area contributed by atoms with Gasteiger partial charge in [-0.3, -0.25) is 0 Å². The van der Waals surface area contributed by atoms with Gasteiger partial charge in [-0.15, -0.1) is 0 Å². The third-order valence-electron chi connectivity index (χ3n) is 4.33. The average molecular weight is 360 g/mol. The van der Waals surface area contributed by atoms with Crippen LogP contribution in [0.25, 0.3) is 0 Å². The molecular formula is C16H19F3N2O2S. The number of rotatable bonds is 4. The molecule has 0 aromatic heterocycles.